The summed E-state index contributed by atoms with van der Waals surface area (Å²) in [5, 5.41) is 2.60. The van der Waals surface area contributed by atoms with E-state index in [4.69, 9.17) is 21.7 Å². The van der Waals surface area contributed by atoms with Gasteiger partial charge in [-0.2, -0.15) is 0 Å². The number of amides is 2. The molecule has 2 amide bonds. The van der Waals surface area contributed by atoms with Gasteiger partial charge in [-0.15, -0.1) is 0 Å². The summed E-state index contributed by atoms with van der Waals surface area (Å²) in [7, 11) is 3.08. The largest absolute Gasteiger partial charge is 0.496 e. The number of benzene rings is 1. The Labute approximate surface area is 151 Å². The molecule has 0 bridgehead atoms. The monoisotopic (exact) mass is 361 g/mol. The van der Waals surface area contributed by atoms with Crippen molar-refractivity contribution < 1.29 is 19.1 Å². The first-order valence-corrected chi connectivity index (χ1v) is 8.28. The number of nitrogens with one attached hydrogen (secondary N) is 1. The minimum absolute atomic E-state index is 0.0218. The highest BCUT2D eigenvalue weighted by Gasteiger charge is 2.31. The quantitative estimate of drug-likeness (QED) is 0.488. The van der Waals surface area contributed by atoms with E-state index in [0.29, 0.717) is 24.5 Å². The second kappa shape index (κ2) is 7.20. The van der Waals surface area contributed by atoms with Crippen molar-refractivity contribution in [3.8, 4) is 5.75 Å². The molecule has 0 unspecified atom stereocenters. The fraction of sp³-hybridized carbons (Fsp3) is 0.353. The summed E-state index contributed by atoms with van der Waals surface area (Å²) in [6.07, 6.45) is 1.53. The van der Waals surface area contributed by atoms with E-state index in [9.17, 15) is 9.59 Å². The highest BCUT2D eigenvalue weighted by atomic mass is 32.1. The summed E-state index contributed by atoms with van der Waals surface area (Å²) in [6.45, 7) is 3.00. The van der Waals surface area contributed by atoms with Crippen LogP contribution in [0.5, 0.6) is 5.75 Å². The van der Waals surface area contributed by atoms with Gasteiger partial charge in [0.2, 0.25) is 0 Å². The van der Waals surface area contributed by atoms with Crippen molar-refractivity contribution in [3.63, 3.8) is 0 Å². The number of hydrogen-bond acceptors (Lipinski definition) is 6. The van der Waals surface area contributed by atoms with Gasteiger partial charge in [0, 0.05) is 37.5 Å². The number of hydrogen-bond donors (Lipinski definition) is 1. The van der Waals surface area contributed by atoms with E-state index in [-0.39, 0.29) is 10.7 Å². The lowest BCUT2D eigenvalue weighted by atomic mass is 10.1. The molecule has 0 atom stereocenters. The first-order valence-electron chi connectivity index (χ1n) is 7.87. The maximum Gasteiger partial charge on any atom is 0.265 e. The molecular weight excluding hydrogens is 342 g/mol. The molecule has 1 aromatic carbocycles. The molecule has 7 nitrogen and oxygen atoms in total. The van der Waals surface area contributed by atoms with E-state index in [0.717, 1.165) is 18.8 Å². The zero-order valence-corrected chi connectivity index (χ0v) is 14.9. The molecule has 2 fully saturated rings. The standard InChI is InChI=1S/C17H19N3O4S/c1-19-16(22)13(15(21)18-17(19)25)9-11-3-4-12(10-14(11)23-2)20-5-7-24-8-6-20/h3-4,9-10H,5-8H2,1-2H3,(H,18,21,25)/b13-9-. The van der Waals surface area contributed by atoms with Gasteiger partial charge in [0.15, 0.2) is 5.11 Å². The molecule has 132 valence electrons. The van der Waals surface area contributed by atoms with Crippen molar-refractivity contribution in [2.45, 2.75) is 0 Å². The van der Waals surface area contributed by atoms with Crippen molar-refractivity contribution in [3.05, 3.63) is 29.3 Å². The van der Waals surface area contributed by atoms with Crippen LogP contribution in [0.2, 0.25) is 0 Å². The number of rotatable bonds is 3. The predicted molar refractivity (Wildman–Crippen MR) is 97.5 cm³/mol. The lowest BCUT2D eigenvalue weighted by molar-refractivity contribution is -0.128. The van der Waals surface area contributed by atoms with Crippen molar-refractivity contribution in [1.29, 1.82) is 0 Å². The van der Waals surface area contributed by atoms with E-state index in [1.807, 2.05) is 18.2 Å². The zero-order chi connectivity index (χ0) is 18.0. The van der Waals surface area contributed by atoms with Gasteiger partial charge in [-0.3, -0.25) is 19.8 Å². The number of carbonyl (C=O) groups is 2. The molecule has 2 saturated heterocycles. The van der Waals surface area contributed by atoms with Crippen molar-refractivity contribution >= 4 is 40.9 Å². The van der Waals surface area contributed by atoms with Gasteiger partial charge >= 0.3 is 0 Å². The Bertz CT molecular complexity index is 756. The van der Waals surface area contributed by atoms with E-state index in [2.05, 4.69) is 10.2 Å². The fourth-order valence-electron chi connectivity index (χ4n) is 2.74. The molecule has 2 aliphatic heterocycles. The third-order valence-electron chi connectivity index (χ3n) is 4.20. The van der Waals surface area contributed by atoms with Crippen LogP contribution >= 0.6 is 12.2 Å². The van der Waals surface area contributed by atoms with Crippen molar-refractivity contribution in [1.82, 2.24) is 10.2 Å². The van der Waals surface area contributed by atoms with E-state index in [1.165, 1.54) is 18.0 Å². The topological polar surface area (TPSA) is 71.1 Å². The minimum Gasteiger partial charge on any atom is -0.496 e. The first-order chi connectivity index (χ1) is 12.0. The second-order valence-corrected chi connectivity index (χ2v) is 6.09. The van der Waals surface area contributed by atoms with E-state index in [1.54, 1.807) is 7.11 Å². The van der Waals surface area contributed by atoms with E-state index >= 15 is 0 Å². The van der Waals surface area contributed by atoms with Gasteiger partial charge in [0.05, 0.1) is 20.3 Å². The van der Waals surface area contributed by atoms with Crippen molar-refractivity contribution in [2.24, 2.45) is 0 Å². The Kier molecular flexibility index (Phi) is 5.00. The molecule has 3 rings (SSSR count). The Morgan fingerprint density at radius 1 is 1.28 bits per heavy atom. The predicted octanol–water partition coefficient (Wildman–Crippen LogP) is 0.788. The average molecular weight is 361 g/mol. The third kappa shape index (κ3) is 3.49. The van der Waals surface area contributed by atoms with Crippen molar-refractivity contribution in [2.75, 3.05) is 45.4 Å². The molecular formula is C17H19N3O4S. The summed E-state index contributed by atoms with van der Waals surface area (Å²) in [6, 6.07) is 5.68. The Hall–Kier alpha value is -2.45. The lowest BCUT2D eigenvalue weighted by Gasteiger charge is -2.29. The molecule has 1 N–H and O–H groups in total. The molecule has 0 aromatic heterocycles. The summed E-state index contributed by atoms with van der Waals surface area (Å²) in [5.41, 5.74) is 1.69. The van der Waals surface area contributed by atoms with Gasteiger partial charge in [-0.25, -0.2) is 0 Å². The smallest absolute Gasteiger partial charge is 0.265 e. The van der Waals surface area contributed by atoms with Crippen LogP contribution in [0.4, 0.5) is 5.69 Å². The summed E-state index contributed by atoms with van der Waals surface area (Å²) >= 11 is 4.94. The number of likely N-dealkylation sites (N-methyl/N-ethyl adjacent to an activating group) is 1. The molecule has 2 heterocycles. The Morgan fingerprint density at radius 2 is 2.00 bits per heavy atom. The molecule has 25 heavy (non-hydrogen) atoms. The van der Waals surface area contributed by atoms with Gasteiger partial charge in [0.25, 0.3) is 11.8 Å². The second-order valence-electron chi connectivity index (χ2n) is 5.71. The SMILES string of the molecule is COc1cc(N2CCOCC2)ccc1/C=C1/C(=O)NC(=S)N(C)C1=O. The third-order valence-corrected chi connectivity index (χ3v) is 4.57. The number of methoxy groups -OCH3 is 1. The number of morpholine rings is 1. The van der Waals surface area contributed by atoms with Crippen LogP contribution in [0.25, 0.3) is 6.08 Å². The number of anilines is 1. The summed E-state index contributed by atoms with van der Waals surface area (Å²) < 4.78 is 10.8. The number of carbonyl (C=O) groups excluding carboxylic acids is 2. The summed E-state index contributed by atoms with van der Waals surface area (Å²) in [5.74, 6) is -0.353. The molecule has 0 spiro atoms. The Balaban J connectivity index is 1.92. The number of thiocarbonyl (C=S) groups is 1. The maximum atomic E-state index is 12.3. The summed E-state index contributed by atoms with van der Waals surface area (Å²) in [4.78, 5) is 27.8. The average Bonchev–Trinajstić information content (AvgIpc) is 2.64. The van der Waals surface area contributed by atoms with Gasteiger partial charge in [-0.1, -0.05) is 0 Å². The van der Waals surface area contributed by atoms with Crippen LogP contribution in [0.15, 0.2) is 23.8 Å². The number of nitrogens with zero attached hydrogens (tertiary/aromatic N) is 2. The van der Waals surface area contributed by atoms with Gasteiger partial charge in [-0.05, 0) is 30.4 Å². The molecule has 0 aliphatic carbocycles. The van der Waals surface area contributed by atoms with Crippen LogP contribution < -0.4 is 15.0 Å². The van der Waals surface area contributed by atoms with Crippen LogP contribution in [0.3, 0.4) is 0 Å². The lowest BCUT2D eigenvalue weighted by Crippen LogP contribution is -2.52. The molecule has 0 saturated carbocycles. The normalized spacial score (nSPS) is 20.1. The minimum atomic E-state index is -0.507. The van der Waals surface area contributed by atoms with Gasteiger partial charge in [0.1, 0.15) is 11.3 Å². The molecule has 2 aliphatic rings. The first kappa shape index (κ1) is 17.4. The maximum absolute atomic E-state index is 12.3. The van der Waals surface area contributed by atoms with Crippen LogP contribution in [0, 0.1) is 0 Å². The van der Waals surface area contributed by atoms with E-state index < -0.39 is 11.8 Å². The van der Waals surface area contributed by atoms with Gasteiger partial charge < -0.3 is 14.4 Å². The zero-order valence-electron chi connectivity index (χ0n) is 14.1. The molecule has 0 radical (unpaired) electrons. The molecule has 1 aromatic rings. The highest BCUT2D eigenvalue weighted by molar-refractivity contribution is 7.80. The van der Waals surface area contributed by atoms with Crippen LogP contribution in [-0.4, -0.2) is 62.3 Å². The van der Waals surface area contributed by atoms with Crippen LogP contribution in [-0.2, 0) is 14.3 Å². The fourth-order valence-corrected chi connectivity index (χ4v) is 2.91. The van der Waals surface area contributed by atoms with Crippen LogP contribution in [0.1, 0.15) is 5.56 Å². The highest BCUT2D eigenvalue weighted by Crippen LogP contribution is 2.28. The molecule has 8 heteroatoms. The number of ether oxygens (including phenoxy) is 2. The Morgan fingerprint density at radius 3 is 2.68 bits per heavy atom.